The van der Waals surface area contributed by atoms with Gasteiger partial charge in [-0.05, 0) is 46.0 Å². The highest BCUT2D eigenvalue weighted by Gasteiger charge is 2.14. The molecule has 0 aromatic heterocycles. The molecule has 4 nitrogen and oxygen atoms in total. The summed E-state index contributed by atoms with van der Waals surface area (Å²) in [7, 11) is 4.09. The Hall–Kier alpha value is -1.39. The molecule has 1 rings (SSSR count). The molecule has 0 heterocycles. The van der Waals surface area contributed by atoms with Crippen molar-refractivity contribution in [1.29, 1.82) is 0 Å². The number of rotatable bonds is 10. The van der Waals surface area contributed by atoms with E-state index >= 15 is 0 Å². The Morgan fingerprint density at radius 3 is 2.36 bits per heavy atom. The molecule has 1 atom stereocenters. The highest BCUT2D eigenvalue weighted by Crippen LogP contribution is 2.18. The number of nitrogens with two attached hydrogens (primary N) is 1. The van der Waals surface area contributed by atoms with Crippen molar-refractivity contribution < 1.29 is 4.79 Å². The van der Waals surface area contributed by atoms with Crippen LogP contribution < -0.4 is 11.1 Å². The van der Waals surface area contributed by atoms with E-state index < -0.39 is 0 Å². The lowest BCUT2D eigenvalue weighted by molar-refractivity contribution is -0.121. The fourth-order valence-corrected chi connectivity index (χ4v) is 2.47. The number of unbranched alkanes of at least 4 members (excludes halogenated alkanes) is 3. The van der Waals surface area contributed by atoms with Crippen molar-refractivity contribution in [3.63, 3.8) is 0 Å². The molecule has 0 spiro atoms. The maximum Gasteiger partial charge on any atom is 0.220 e. The van der Waals surface area contributed by atoms with Crippen LogP contribution in [0.15, 0.2) is 24.3 Å². The first kappa shape index (κ1) is 18.7. The monoisotopic (exact) mass is 305 g/mol. The number of carbonyl (C=O) groups is 1. The molecular formula is C18H31N3O. The van der Waals surface area contributed by atoms with Crippen LogP contribution in [0, 0.1) is 6.92 Å². The second-order valence-electron chi connectivity index (χ2n) is 6.15. The molecule has 0 aliphatic rings. The number of aryl methyl sites for hydroxylation is 1. The van der Waals surface area contributed by atoms with Gasteiger partial charge in [-0.2, -0.15) is 0 Å². The van der Waals surface area contributed by atoms with Gasteiger partial charge in [0.2, 0.25) is 5.91 Å². The molecule has 0 radical (unpaired) electrons. The summed E-state index contributed by atoms with van der Waals surface area (Å²) >= 11 is 0. The molecule has 124 valence electrons. The lowest BCUT2D eigenvalue weighted by Gasteiger charge is -2.25. The Morgan fingerprint density at radius 2 is 1.77 bits per heavy atom. The Balaban J connectivity index is 2.38. The maximum absolute atomic E-state index is 11.9. The topological polar surface area (TPSA) is 58.4 Å². The summed E-state index contributed by atoms with van der Waals surface area (Å²) < 4.78 is 0. The number of amides is 1. The Morgan fingerprint density at radius 1 is 1.14 bits per heavy atom. The van der Waals surface area contributed by atoms with E-state index in [9.17, 15) is 4.79 Å². The van der Waals surface area contributed by atoms with Gasteiger partial charge in [0, 0.05) is 13.0 Å². The second kappa shape index (κ2) is 10.4. The summed E-state index contributed by atoms with van der Waals surface area (Å²) in [6.45, 7) is 3.48. The minimum atomic E-state index is 0.145. The summed E-state index contributed by atoms with van der Waals surface area (Å²) in [6, 6.07) is 8.72. The van der Waals surface area contributed by atoms with Gasteiger partial charge < -0.3 is 16.0 Å². The van der Waals surface area contributed by atoms with Gasteiger partial charge >= 0.3 is 0 Å². The Labute approximate surface area is 135 Å². The van der Waals surface area contributed by atoms with Gasteiger partial charge in [0.25, 0.3) is 0 Å². The molecule has 0 saturated heterocycles. The normalized spacial score (nSPS) is 12.4. The minimum absolute atomic E-state index is 0.145. The Bertz CT molecular complexity index is 428. The van der Waals surface area contributed by atoms with Gasteiger partial charge in [-0.1, -0.05) is 42.7 Å². The maximum atomic E-state index is 11.9. The van der Waals surface area contributed by atoms with E-state index in [0.717, 1.165) is 32.2 Å². The highest BCUT2D eigenvalue weighted by atomic mass is 16.1. The summed E-state index contributed by atoms with van der Waals surface area (Å²) in [6.07, 6.45) is 4.81. The first-order chi connectivity index (χ1) is 10.5. The standard InChI is InChI=1S/C18H31N3O/c1-15-9-11-16(12-10-15)17(21(2)3)14-20-18(22)8-6-4-5-7-13-19/h9-12,17H,4-8,13-14,19H2,1-3H3,(H,20,22). The lowest BCUT2D eigenvalue weighted by atomic mass is 10.0. The van der Waals surface area contributed by atoms with Crippen molar-refractivity contribution in [3.05, 3.63) is 35.4 Å². The first-order valence-corrected chi connectivity index (χ1v) is 8.24. The molecule has 0 aliphatic carbocycles. The van der Waals surface area contributed by atoms with E-state index in [1.54, 1.807) is 0 Å². The SMILES string of the molecule is Cc1ccc(C(CNC(=O)CCCCCCN)N(C)C)cc1. The third kappa shape index (κ3) is 7.05. The molecule has 0 fully saturated rings. The summed E-state index contributed by atoms with van der Waals surface area (Å²) in [5.41, 5.74) is 7.95. The van der Waals surface area contributed by atoms with Gasteiger partial charge in [-0.15, -0.1) is 0 Å². The van der Waals surface area contributed by atoms with Crippen molar-refractivity contribution in [3.8, 4) is 0 Å². The van der Waals surface area contributed by atoms with Gasteiger partial charge in [0.05, 0.1) is 6.04 Å². The Kier molecular flexibility index (Phi) is 8.78. The predicted molar refractivity (Wildman–Crippen MR) is 92.8 cm³/mol. The third-order valence-electron chi connectivity index (χ3n) is 3.94. The quantitative estimate of drug-likeness (QED) is 0.653. The molecule has 0 saturated carbocycles. The average molecular weight is 305 g/mol. The fourth-order valence-electron chi connectivity index (χ4n) is 2.47. The minimum Gasteiger partial charge on any atom is -0.354 e. The van der Waals surface area contributed by atoms with Crippen LogP contribution in [0.25, 0.3) is 0 Å². The molecule has 0 aliphatic heterocycles. The summed E-state index contributed by atoms with van der Waals surface area (Å²) in [5.74, 6) is 0.145. The molecule has 1 amide bonds. The molecule has 0 bridgehead atoms. The average Bonchev–Trinajstić information content (AvgIpc) is 2.48. The number of hydrogen-bond acceptors (Lipinski definition) is 3. The van der Waals surface area contributed by atoms with Crippen LogP contribution in [0.5, 0.6) is 0 Å². The number of hydrogen-bond donors (Lipinski definition) is 2. The van der Waals surface area contributed by atoms with Crippen molar-refractivity contribution in [1.82, 2.24) is 10.2 Å². The third-order valence-corrected chi connectivity index (χ3v) is 3.94. The van der Waals surface area contributed by atoms with Crippen molar-refractivity contribution in [2.75, 3.05) is 27.2 Å². The highest BCUT2D eigenvalue weighted by molar-refractivity contribution is 5.75. The van der Waals surface area contributed by atoms with Crippen LogP contribution in [0.1, 0.15) is 49.3 Å². The van der Waals surface area contributed by atoms with Crippen LogP contribution in [0.4, 0.5) is 0 Å². The van der Waals surface area contributed by atoms with E-state index in [4.69, 9.17) is 5.73 Å². The van der Waals surface area contributed by atoms with Gasteiger partial charge in [-0.25, -0.2) is 0 Å². The fraction of sp³-hybridized carbons (Fsp3) is 0.611. The van der Waals surface area contributed by atoms with Crippen LogP contribution in [-0.2, 0) is 4.79 Å². The summed E-state index contributed by atoms with van der Waals surface area (Å²) in [5, 5.41) is 3.06. The molecule has 4 heteroatoms. The van der Waals surface area contributed by atoms with E-state index in [2.05, 4.69) is 41.4 Å². The number of likely N-dealkylation sites (N-methyl/N-ethyl adjacent to an activating group) is 1. The molecule has 3 N–H and O–H groups in total. The van der Waals surface area contributed by atoms with Crippen LogP contribution in [0.3, 0.4) is 0 Å². The van der Waals surface area contributed by atoms with Crippen molar-refractivity contribution >= 4 is 5.91 Å². The lowest BCUT2D eigenvalue weighted by Crippen LogP contribution is -2.34. The van der Waals surface area contributed by atoms with Crippen LogP contribution >= 0.6 is 0 Å². The zero-order chi connectivity index (χ0) is 16.4. The van der Waals surface area contributed by atoms with E-state index in [1.165, 1.54) is 11.1 Å². The zero-order valence-electron chi connectivity index (χ0n) is 14.3. The van der Waals surface area contributed by atoms with E-state index in [0.29, 0.717) is 13.0 Å². The largest absolute Gasteiger partial charge is 0.354 e. The molecule has 22 heavy (non-hydrogen) atoms. The van der Waals surface area contributed by atoms with Gasteiger partial charge in [0.1, 0.15) is 0 Å². The zero-order valence-corrected chi connectivity index (χ0v) is 14.3. The first-order valence-electron chi connectivity index (χ1n) is 8.24. The van der Waals surface area contributed by atoms with Crippen LogP contribution in [0.2, 0.25) is 0 Å². The molecular weight excluding hydrogens is 274 g/mol. The van der Waals surface area contributed by atoms with E-state index in [-0.39, 0.29) is 11.9 Å². The van der Waals surface area contributed by atoms with E-state index in [1.807, 2.05) is 14.1 Å². The van der Waals surface area contributed by atoms with Crippen molar-refractivity contribution in [2.45, 2.75) is 45.1 Å². The van der Waals surface area contributed by atoms with Crippen molar-refractivity contribution in [2.24, 2.45) is 5.73 Å². The number of nitrogens with zero attached hydrogens (tertiary/aromatic N) is 1. The number of nitrogens with one attached hydrogen (secondary N) is 1. The van der Waals surface area contributed by atoms with Crippen LogP contribution in [-0.4, -0.2) is 38.0 Å². The molecule has 1 aromatic rings. The molecule has 1 aromatic carbocycles. The summed E-state index contributed by atoms with van der Waals surface area (Å²) in [4.78, 5) is 14.1. The number of carbonyl (C=O) groups excluding carboxylic acids is 1. The van der Waals surface area contributed by atoms with Gasteiger partial charge in [-0.3, -0.25) is 4.79 Å². The van der Waals surface area contributed by atoms with Gasteiger partial charge in [0.15, 0.2) is 0 Å². The number of benzene rings is 1. The molecule has 1 unspecified atom stereocenters. The second-order valence-corrected chi connectivity index (χ2v) is 6.15. The predicted octanol–water partition coefficient (Wildman–Crippen LogP) is 2.62. The smallest absolute Gasteiger partial charge is 0.220 e.